The molecule has 0 amide bonds. The van der Waals surface area contributed by atoms with Crippen molar-refractivity contribution in [1.29, 1.82) is 0 Å². The van der Waals surface area contributed by atoms with Gasteiger partial charge in [0, 0.05) is 24.9 Å². The summed E-state index contributed by atoms with van der Waals surface area (Å²) in [7, 11) is 0. The van der Waals surface area contributed by atoms with Gasteiger partial charge in [0.1, 0.15) is 5.65 Å². The van der Waals surface area contributed by atoms with Gasteiger partial charge < -0.3 is 0 Å². The van der Waals surface area contributed by atoms with Crippen LogP contribution in [0.4, 0.5) is 0 Å². The van der Waals surface area contributed by atoms with Crippen molar-refractivity contribution in [2.45, 2.75) is 40.5 Å². The van der Waals surface area contributed by atoms with Crippen LogP contribution in [-0.2, 0) is 0 Å². The molecule has 0 atom stereocenters. The SMILES string of the molecule is CC.CC(=O)c1cc(-c2ccc(C(C)C)cc2)c2ncccn12. The third-order valence-electron chi connectivity index (χ3n) is 3.78. The average molecular weight is 308 g/mol. The van der Waals surface area contributed by atoms with Crippen molar-refractivity contribution in [3.63, 3.8) is 0 Å². The zero-order valence-corrected chi connectivity index (χ0v) is 14.5. The first-order valence-corrected chi connectivity index (χ1v) is 8.15. The Labute approximate surface area is 138 Å². The number of rotatable bonds is 3. The molecule has 0 bridgehead atoms. The molecule has 3 heteroatoms. The highest BCUT2D eigenvalue weighted by molar-refractivity contribution is 5.97. The van der Waals surface area contributed by atoms with Crippen molar-refractivity contribution >= 4 is 11.4 Å². The highest BCUT2D eigenvalue weighted by Gasteiger charge is 2.14. The van der Waals surface area contributed by atoms with E-state index in [1.54, 1.807) is 13.1 Å². The smallest absolute Gasteiger partial charge is 0.176 e. The molecule has 120 valence electrons. The fourth-order valence-electron chi connectivity index (χ4n) is 2.57. The summed E-state index contributed by atoms with van der Waals surface area (Å²) in [6.45, 7) is 9.94. The van der Waals surface area contributed by atoms with Crippen LogP contribution in [0.3, 0.4) is 0 Å². The molecule has 1 aromatic carbocycles. The number of carbonyl (C=O) groups is 1. The second-order valence-corrected chi connectivity index (χ2v) is 5.59. The summed E-state index contributed by atoms with van der Waals surface area (Å²) in [6.07, 6.45) is 3.64. The number of benzene rings is 1. The maximum absolute atomic E-state index is 11.8. The minimum atomic E-state index is 0.0445. The van der Waals surface area contributed by atoms with Crippen LogP contribution < -0.4 is 0 Å². The molecule has 0 saturated heterocycles. The molecule has 0 spiro atoms. The van der Waals surface area contributed by atoms with E-state index in [1.165, 1.54) is 5.56 Å². The predicted molar refractivity (Wildman–Crippen MR) is 96.1 cm³/mol. The van der Waals surface area contributed by atoms with Crippen LogP contribution in [0.15, 0.2) is 48.8 Å². The maximum atomic E-state index is 11.8. The van der Waals surface area contributed by atoms with E-state index in [9.17, 15) is 4.79 Å². The Balaban J connectivity index is 0.000000924. The molecule has 3 rings (SSSR count). The molecule has 2 heterocycles. The van der Waals surface area contributed by atoms with Crippen molar-refractivity contribution in [2.24, 2.45) is 0 Å². The lowest BCUT2D eigenvalue weighted by atomic mass is 9.99. The molecule has 3 aromatic rings. The van der Waals surface area contributed by atoms with Gasteiger partial charge in [0.2, 0.25) is 0 Å². The van der Waals surface area contributed by atoms with Gasteiger partial charge in [-0.3, -0.25) is 9.20 Å². The van der Waals surface area contributed by atoms with E-state index in [-0.39, 0.29) is 5.78 Å². The van der Waals surface area contributed by atoms with Gasteiger partial charge in [0.15, 0.2) is 5.78 Å². The van der Waals surface area contributed by atoms with E-state index >= 15 is 0 Å². The highest BCUT2D eigenvalue weighted by Crippen LogP contribution is 2.28. The van der Waals surface area contributed by atoms with Crippen LogP contribution in [0, 0.1) is 0 Å². The van der Waals surface area contributed by atoms with E-state index in [4.69, 9.17) is 0 Å². The van der Waals surface area contributed by atoms with Crippen molar-refractivity contribution in [2.75, 3.05) is 0 Å². The number of nitrogens with zero attached hydrogens (tertiary/aromatic N) is 2. The molecule has 3 nitrogen and oxygen atoms in total. The topological polar surface area (TPSA) is 34.4 Å². The normalized spacial score (nSPS) is 10.5. The van der Waals surface area contributed by atoms with Crippen LogP contribution >= 0.6 is 0 Å². The largest absolute Gasteiger partial charge is 0.298 e. The molecular formula is C20H24N2O. The lowest BCUT2D eigenvalue weighted by Crippen LogP contribution is -1.98. The van der Waals surface area contributed by atoms with E-state index < -0.39 is 0 Å². The summed E-state index contributed by atoms with van der Waals surface area (Å²) in [5, 5.41) is 0. The van der Waals surface area contributed by atoms with Crippen molar-refractivity contribution in [3.8, 4) is 11.1 Å². The lowest BCUT2D eigenvalue weighted by molar-refractivity contribution is 0.101. The van der Waals surface area contributed by atoms with Gasteiger partial charge in [-0.1, -0.05) is 52.0 Å². The molecule has 23 heavy (non-hydrogen) atoms. The standard InChI is InChI=1S/C18H18N2O.C2H6/c1-12(2)14-5-7-15(8-6-14)16-11-17(13(3)21)20-10-4-9-19-18(16)20;1-2/h4-12H,1-3H3;1-2H3. The van der Waals surface area contributed by atoms with Gasteiger partial charge in [-0.15, -0.1) is 0 Å². The van der Waals surface area contributed by atoms with Gasteiger partial charge in [0.05, 0.1) is 5.69 Å². The summed E-state index contributed by atoms with van der Waals surface area (Å²) in [4.78, 5) is 16.2. The van der Waals surface area contributed by atoms with Gasteiger partial charge in [-0.25, -0.2) is 4.98 Å². The Morgan fingerprint density at radius 1 is 1.13 bits per heavy atom. The van der Waals surface area contributed by atoms with E-state index in [0.29, 0.717) is 11.6 Å². The molecular weight excluding hydrogens is 284 g/mol. The maximum Gasteiger partial charge on any atom is 0.176 e. The van der Waals surface area contributed by atoms with Crippen LogP contribution in [-0.4, -0.2) is 15.2 Å². The third-order valence-corrected chi connectivity index (χ3v) is 3.78. The number of hydrogen-bond donors (Lipinski definition) is 0. The van der Waals surface area contributed by atoms with Gasteiger partial charge in [0.25, 0.3) is 0 Å². The number of ketones is 1. The first kappa shape index (κ1) is 16.9. The fraction of sp³-hybridized carbons (Fsp3) is 0.300. The third kappa shape index (κ3) is 3.34. The summed E-state index contributed by atoms with van der Waals surface area (Å²) < 4.78 is 1.86. The second-order valence-electron chi connectivity index (χ2n) is 5.59. The van der Waals surface area contributed by atoms with E-state index in [1.807, 2.05) is 36.6 Å². The second kappa shape index (κ2) is 7.23. The Bertz CT molecular complexity index is 798. The van der Waals surface area contributed by atoms with Crippen molar-refractivity contribution in [1.82, 2.24) is 9.38 Å². The molecule has 0 radical (unpaired) electrons. The number of hydrogen-bond acceptors (Lipinski definition) is 2. The number of fused-ring (bicyclic) bond motifs is 1. The molecule has 0 aliphatic heterocycles. The van der Waals surface area contributed by atoms with Crippen molar-refractivity contribution in [3.05, 3.63) is 60.0 Å². The average Bonchev–Trinajstić information content (AvgIpc) is 2.97. The minimum absolute atomic E-state index is 0.0445. The molecule has 0 aliphatic carbocycles. The highest BCUT2D eigenvalue weighted by atomic mass is 16.1. The predicted octanol–water partition coefficient (Wildman–Crippen LogP) is 5.35. The Kier molecular flexibility index (Phi) is 5.32. The number of Topliss-reactive ketones (excluding diaryl/α,β-unsaturated/α-hetero) is 1. The van der Waals surface area contributed by atoms with Crippen LogP contribution in [0.25, 0.3) is 16.8 Å². The number of carbonyl (C=O) groups excluding carboxylic acids is 1. The first-order valence-electron chi connectivity index (χ1n) is 8.15. The summed E-state index contributed by atoms with van der Waals surface area (Å²) in [5.41, 5.74) is 4.88. The van der Waals surface area contributed by atoms with Gasteiger partial charge in [-0.05, 0) is 29.2 Å². The lowest BCUT2D eigenvalue weighted by Gasteiger charge is -2.06. The first-order chi connectivity index (χ1) is 11.1. The van der Waals surface area contributed by atoms with Crippen LogP contribution in [0.1, 0.15) is 56.6 Å². The zero-order chi connectivity index (χ0) is 17.0. The quantitative estimate of drug-likeness (QED) is 0.611. The summed E-state index contributed by atoms with van der Waals surface area (Å²) >= 11 is 0. The van der Waals surface area contributed by atoms with E-state index in [2.05, 4.69) is 43.1 Å². The fourth-order valence-corrected chi connectivity index (χ4v) is 2.57. The molecule has 0 aliphatic rings. The minimum Gasteiger partial charge on any atom is -0.298 e. The van der Waals surface area contributed by atoms with Crippen molar-refractivity contribution < 1.29 is 4.79 Å². The molecule has 0 N–H and O–H groups in total. The Hall–Kier alpha value is -2.42. The Morgan fingerprint density at radius 3 is 2.35 bits per heavy atom. The molecule has 0 saturated carbocycles. The Morgan fingerprint density at radius 2 is 1.78 bits per heavy atom. The molecule has 2 aromatic heterocycles. The summed E-state index contributed by atoms with van der Waals surface area (Å²) in [6, 6.07) is 12.2. The molecule has 0 fully saturated rings. The monoisotopic (exact) mass is 308 g/mol. The van der Waals surface area contributed by atoms with Crippen LogP contribution in [0.5, 0.6) is 0 Å². The summed E-state index contributed by atoms with van der Waals surface area (Å²) in [5.74, 6) is 0.554. The molecule has 0 unspecified atom stereocenters. The van der Waals surface area contributed by atoms with E-state index in [0.717, 1.165) is 16.8 Å². The van der Waals surface area contributed by atoms with Crippen LogP contribution in [0.2, 0.25) is 0 Å². The van der Waals surface area contributed by atoms with Gasteiger partial charge in [-0.2, -0.15) is 0 Å². The number of aromatic nitrogens is 2. The zero-order valence-electron chi connectivity index (χ0n) is 14.5. The van der Waals surface area contributed by atoms with Gasteiger partial charge >= 0.3 is 0 Å².